The molecule has 7 aromatic carbocycles. The lowest BCUT2D eigenvalue weighted by Gasteiger charge is -2.10. The molecule has 0 radical (unpaired) electrons. The molecule has 53 heteroatoms. The van der Waals surface area contributed by atoms with E-state index in [-0.39, 0.29) is 39.0 Å². The Morgan fingerprint density at radius 1 is 0.337 bits per heavy atom. The first-order valence-corrected chi connectivity index (χ1v) is 25.5. The summed E-state index contributed by atoms with van der Waals surface area (Å²) in [6.45, 7) is 4.92. The second-order valence-corrected chi connectivity index (χ2v) is 18.4. The molecule has 0 saturated carbocycles. The van der Waals surface area contributed by atoms with Gasteiger partial charge in [-0.15, -0.1) is 0 Å². The number of nitro benzene ring substituents is 15. The van der Waals surface area contributed by atoms with Gasteiger partial charge in [0.05, 0.1) is 134 Å². The lowest BCUT2D eigenvalue weighted by atomic mass is 9.96. The third-order valence-electron chi connectivity index (χ3n) is 11.6. The van der Waals surface area contributed by atoms with Gasteiger partial charge in [-0.05, 0) is 43.5 Å². The molecule has 530 valence electrons. The highest BCUT2D eigenvalue weighted by molar-refractivity contribution is 6.32. The number of phenols is 6. The van der Waals surface area contributed by atoms with E-state index >= 15 is 0 Å². The van der Waals surface area contributed by atoms with Gasteiger partial charge in [0.2, 0.25) is 0 Å². The zero-order chi connectivity index (χ0) is 78.1. The molecule has 0 spiro atoms. The molecule has 6 N–H and O–H groups in total. The number of nitrogens with zero attached hydrogens (tertiary/aromatic N) is 16. The number of hydrogen-bond donors (Lipinski definition) is 6. The van der Waals surface area contributed by atoms with Crippen LogP contribution in [0.2, 0.25) is 5.02 Å². The molecule has 0 saturated heterocycles. The van der Waals surface area contributed by atoms with Gasteiger partial charge in [-0.3, -0.25) is 152 Å². The third kappa shape index (κ3) is 23.6. The SMILES string of the molecule is CCC(C)c1cc([N+](=O)[O-])cc([N+](=O)[O-])c1O.Cc1cc([N+](=O)[O-])cc([N+](=O)[O-])c1O.N#Cc1ccc(O)c([N+](=O)[O-])c1.O=[N+]([O-])c1cc([N+](=O)[O-])c(O)c([N+](=O)[O-])c1.O=[N+]([O-])c1cc([N+](=O)[O-])c(O)c([N+](=O)[O-])c1.O=[N+]([O-])c1ccc(Cl)c([N+](=O)[O-])c1.O=[N+]([O-])c1ccc(O)c([N+](=O)[O-])c1. The van der Waals surface area contributed by atoms with Crippen molar-refractivity contribution < 1.29 is 104 Å². The van der Waals surface area contributed by atoms with Crippen LogP contribution in [0.25, 0.3) is 0 Å². The second-order valence-electron chi connectivity index (χ2n) is 18.0. The Kier molecular flexibility index (Phi) is 30.1. The molecule has 7 rings (SSSR count). The number of nitriles is 1. The van der Waals surface area contributed by atoms with E-state index in [2.05, 4.69) is 0 Å². The van der Waals surface area contributed by atoms with Crippen molar-refractivity contribution in [1.82, 2.24) is 0 Å². The maximum Gasteiger partial charge on any atom is 0.324 e. The molecule has 0 fully saturated rings. The maximum absolute atomic E-state index is 10.7. The molecule has 0 bridgehead atoms. The molecule has 0 aromatic heterocycles. The Balaban J connectivity index is 0.000000591. The van der Waals surface area contributed by atoms with Gasteiger partial charge in [0, 0.05) is 41.5 Å². The van der Waals surface area contributed by atoms with Crippen molar-refractivity contribution >= 4 is 96.9 Å². The molecule has 52 nitrogen and oxygen atoms in total. The highest BCUT2D eigenvalue weighted by atomic mass is 35.5. The van der Waals surface area contributed by atoms with Crippen LogP contribution < -0.4 is 0 Å². The lowest BCUT2D eigenvalue weighted by Crippen LogP contribution is -1.99. The van der Waals surface area contributed by atoms with Gasteiger partial charge in [0.25, 0.3) is 51.3 Å². The van der Waals surface area contributed by atoms with E-state index in [1.807, 2.05) is 6.92 Å². The fraction of sp³-hybridized carbons (Fsp3) is 0.104. The van der Waals surface area contributed by atoms with Crippen molar-refractivity contribution in [3.8, 4) is 40.6 Å². The van der Waals surface area contributed by atoms with Crippen molar-refractivity contribution in [3.05, 3.63) is 277 Å². The first-order valence-electron chi connectivity index (χ1n) is 25.1. The molecular formula is C48H35ClN16O36. The van der Waals surface area contributed by atoms with Crippen molar-refractivity contribution in [2.75, 3.05) is 0 Å². The fourth-order valence-electron chi connectivity index (χ4n) is 6.67. The molecule has 101 heavy (non-hydrogen) atoms. The van der Waals surface area contributed by atoms with E-state index in [1.165, 1.54) is 19.1 Å². The average Bonchev–Trinajstić information content (AvgIpc) is 0.823. The van der Waals surface area contributed by atoms with Crippen LogP contribution in [0.5, 0.6) is 34.5 Å². The number of benzene rings is 7. The number of hydrogen-bond acceptors (Lipinski definition) is 37. The molecule has 0 aliphatic heterocycles. The smallest absolute Gasteiger partial charge is 0.324 e. The molecule has 7 aromatic rings. The van der Waals surface area contributed by atoms with Gasteiger partial charge in [-0.1, -0.05) is 25.4 Å². The van der Waals surface area contributed by atoms with Crippen molar-refractivity contribution in [2.45, 2.75) is 33.1 Å². The molecular weight excluding hydrogens is 1410 g/mol. The summed E-state index contributed by atoms with van der Waals surface area (Å²) in [6, 6.07) is 16.4. The van der Waals surface area contributed by atoms with Crippen LogP contribution in [0.15, 0.2) is 103 Å². The van der Waals surface area contributed by atoms with Gasteiger partial charge >= 0.3 is 45.5 Å². The highest BCUT2D eigenvalue weighted by Gasteiger charge is 2.32. The summed E-state index contributed by atoms with van der Waals surface area (Å²) < 4.78 is 0. The summed E-state index contributed by atoms with van der Waals surface area (Å²) >= 11 is 5.43. The second kappa shape index (κ2) is 36.5. The Bertz CT molecular complexity index is 4370. The largest absolute Gasteiger partial charge is 0.502 e. The number of non-ortho nitro benzene ring substituents is 6. The van der Waals surface area contributed by atoms with Gasteiger partial charge < -0.3 is 30.6 Å². The maximum atomic E-state index is 10.7. The molecule has 0 heterocycles. The highest BCUT2D eigenvalue weighted by Crippen LogP contribution is 2.42. The first kappa shape index (κ1) is 83.1. The predicted octanol–water partition coefficient (Wildman–Crippen LogP) is 11.0. The van der Waals surface area contributed by atoms with Crippen LogP contribution in [-0.4, -0.2) is 104 Å². The number of nitro groups is 15. The Morgan fingerprint density at radius 3 is 0.901 bits per heavy atom. The topological polar surface area (TPSA) is 792 Å². The summed E-state index contributed by atoms with van der Waals surface area (Å²) in [7, 11) is 0. The average molecular weight is 1450 g/mol. The molecule has 0 amide bonds. The van der Waals surface area contributed by atoms with Gasteiger partial charge in [-0.2, -0.15) is 5.26 Å². The standard InChI is InChI=1S/C10H12N2O5.C7H6N2O5.C7H4N2O3.C6H3ClN2O4.2C6H3N3O7.C6H4N2O5/c1-3-6(2)8-4-7(11(14)15)5-9(10(8)13)12(16)17;1-4-2-5(8(11)12)3-6(7(4)10)9(13)14;8-4-5-1-2-7(10)6(3-5)9(11)12;7-5-2-1-4(8(10)11)3-6(5)9(12)13;2*10-6-4(8(13)14)1-3(7(11)12)2-5(6)9(15)16;9-6-2-1-4(7(10)11)3-5(6)8(12)13/h4-6,13H,3H2,1-2H3;2-3,10H,1H3;1-3,10H;1-3H;2*1-2,10H;1-3,9H. The molecule has 0 aliphatic rings. The Hall–Kier alpha value is -15.9. The van der Waals surface area contributed by atoms with Crippen LogP contribution in [0.4, 0.5) is 85.3 Å². The number of halogens is 1. The number of phenolic OH excluding ortho intramolecular Hbond substituents is 6. The van der Waals surface area contributed by atoms with E-state index in [0.29, 0.717) is 36.8 Å². The quantitative estimate of drug-likeness (QED) is 0.0364. The van der Waals surface area contributed by atoms with Crippen molar-refractivity contribution in [1.29, 1.82) is 5.26 Å². The van der Waals surface area contributed by atoms with Crippen molar-refractivity contribution in [2.24, 2.45) is 0 Å². The van der Waals surface area contributed by atoms with Gasteiger partial charge in [0.1, 0.15) is 5.02 Å². The lowest BCUT2D eigenvalue weighted by molar-refractivity contribution is -0.404. The molecule has 0 aliphatic carbocycles. The monoisotopic (exact) mass is 1450 g/mol. The van der Waals surface area contributed by atoms with E-state index in [0.717, 1.165) is 60.7 Å². The fourth-order valence-corrected chi connectivity index (χ4v) is 6.85. The Morgan fingerprint density at radius 2 is 0.594 bits per heavy atom. The predicted molar refractivity (Wildman–Crippen MR) is 328 cm³/mol. The normalized spacial score (nSPS) is 10.0. The summed E-state index contributed by atoms with van der Waals surface area (Å²) in [4.78, 5) is 142. The minimum absolute atomic E-state index is 0.103. The van der Waals surface area contributed by atoms with E-state index < -0.39 is 182 Å². The minimum Gasteiger partial charge on any atom is -0.502 e. The minimum atomic E-state index is -1.21. The van der Waals surface area contributed by atoms with E-state index in [4.69, 9.17) is 37.3 Å². The van der Waals surface area contributed by atoms with Crippen LogP contribution in [0, 0.1) is 170 Å². The van der Waals surface area contributed by atoms with E-state index in [9.17, 15) is 162 Å². The Labute approximate surface area is 555 Å². The van der Waals surface area contributed by atoms with Crippen LogP contribution in [0.3, 0.4) is 0 Å². The summed E-state index contributed by atoms with van der Waals surface area (Å²) in [5.41, 5.74) is -9.96. The first-order chi connectivity index (χ1) is 46.7. The van der Waals surface area contributed by atoms with Gasteiger partial charge in [0.15, 0.2) is 23.0 Å². The van der Waals surface area contributed by atoms with Crippen LogP contribution >= 0.6 is 11.6 Å². The number of aromatic hydroxyl groups is 6. The summed E-state index contributed by atoms with van der Waals surface area (Å²) in [5, 5.41) is 219. The van der Waals surface area contributed by atoms with Crippen LogP contribution in [0.1, 0.15) is 42.9 Å². The molecule has 1 atom stereocenters. The van der Waals surface area contributed by atoms with E-state index in [1.54, 1.807) is 13.0 Å². The summed E-state index contributed by atoms with van der Waals surface area (Å²) in [5.74, 6) is -4.65. The van der Waals surface area contributed by atoms with Gasteiger partial charge in [-0.25, -0.2) is 0 Å². The zero-order valence-electron chi connectivity index (χ0n) is 49.6. The third-order valence-corrected chi connectivity index (χ3v) is 12.0. The number of aryl methyl sites for hydroxylation is 1. The zero-order valence-corrected chi connectivity index (χ0v) is 50.3. The summed E-state index contributed by atoms with van der Waals surface area (Å²) in [6.07, 6.45) is 0.617. The van der Waals surface area contributed by atoms with Crippen molar-refractivity contribution in [3.63, 3.8) is 0 Å². The van der Waals surface area contributed by atoms with Crippen LogP contribution in [-0.2, 0) is 0 Å². The molecule has 1 unspecified atom stereocenters. The number of rotatable bonds is 17.